The van der Waals surface area contributed by atoms with Crippen molar-refractivity contribution in [3.05, 3.63) is 53.6 Å². The Labute approximate surface area is 152 Å². The first-order valence-electron chi connectivity index (χ1n) is 8.90. The molecule has 1 aliphatic heterocycles. The number of rotatable bonds is 1. The summed E-state index contributed by atoms with van der Waals surface area (Å²) in [5.41, 5.74) is 9.47. The summed E-state index contributed by atoms with van der Waals surface area (Å²) < 4.78 is 14.0. The van der Waals surface area contributed by atoms with Crippen LogP contribution in [0.25, 0.3) is 11.1 Å². The Balaban J connectivity index is 1.94. The number of fused-ring (bicyclic) bond motifs is 2. The summed E-state index contributed by atoms with van der Waals surface area (Å²) >= 11 is 0. The quantitative estimate of drug-likeness (QED) is 0.798. The maximum absolute atomic E-state index is 13.6. The molecule has 1 spiro atoms. The molecule has 0 radical (unpaired) electrons. The molecule has 1 saturated heterocycles. The molecule has 5 nitrogen and oxygen atoms in total. The zero-order valence-electron chi connectivity index (χ0n) is 15.4. The smallest absolute Gasteiger partial charge is 0.279 e. The van der Waals surface area contributed by atoms with Gasteiger partial charge in [0.2, 0.25) is 11.8 Å². The Bertz CT molecular complexity index is 897. The van der Waals surface area contributed by atoms with E-state index in [2.05, 4.69) is 11.1 Å². The van der Waals surface area contributed by atoms with Gasteiger partial charge in [0.1, 0.15) is 5.82 Å². The minimum Gasteiger partial charge on any atom is -0.279 e. The van der Waals surface area contributed by atoms with Crippen LogP contribution in [0.2, 0.25) is 0 Å². The van der Waals surface area contributed by atoms with Gasteiger partial charge in [-0.15, -0.1) is 0 Å². The van der Waals surface area contributed by atoms with Crippen LogP contribution in [-0.4, -0.2) is 47.7 Å². The lowest BCUT2D eigenvalue weighted by molar-refractivity contribution is -0.958. The fourth-order valence-electron chi connectivity index (χ4n) is 4.74. The summed E-state index contributed by atoms with van der Waals surface area (Å²) in [6, 6.07) is 7.55. The number of nitrogens with two attached hydrogens (primary N) is 1. The number of benzene rings is 1. The van der Waals surface area contributed by atoms with Gasteiger partial charge in [-0.1, -0.05) is 12.1 Å². The van der Waals surface area contributed by atoms with Crippen molar-refractivity contribution in [1.82, 2.24) is 9.88 Å². The summed E-state index contributed by atoms with van der Waals surface area (Å²) in [6.45, 7) is 0. The first kappa shape index (κ1) is 17.1. The Kier molecular flexibility index (Phi) is 3.68. The number of carbonyl (C=O) groups excluding carboxylic acids is 1. The van der Waals surface area contributed by atoms with Crippen LogP contribution in [0.1, 0.15) is 24.0 Å². The predicted molar refractivity (Wildman–Crippen MR) is 97.1 cm³/mol. The van der Waals surface area contributed by atoms with Crippen LogP contribution in [0.15, 0.2) is 36.7 Å². The van der Waals surface area contributed by atoms with Crippen molar-refractivity contribution in [2.24, 2.45) is 5.73 Å². The molecular weight excluding hydrogens is 331 g/mol. The van der Waals surface area contributed by atoms with Gasteiger partial charge >= 0.3 is 0 Å². The molecule has 136 valence electrons. The Morgan fingerprint density at radius 3 is 2.69 bits per heavy atom. The first-order chi connectivity index (χ1) is 12.3. The van der Waals surface area contributed by atoms with E-state index in [0.717, 1.165) is 30.4 Å². The molecule has 2 unspecified atom stereocenters. The second-order valence-corrected chi connectivity index (χ2v) is 7.85. The average molecular weight is 355 g/mol. The molecule has 26 heavy (non-hydrogen) atoms. The van der Waals surface area contributed by atoms with Crippen molar-refractivity contribution in [1.29, 1.82) is 0 Å². The van der Waals surface area contributed by atoms with Crippen LogP contribution in [0, 0.1) is 5.82 Å². The van der Waals surface area contributed by atoms with Crippen LogP contribution < -0.4 is 5.73 Å². The standard InChI is InChI=1S/C20H24FN4O/c1-24-18(26)20(25(2,3)19(24)22)8-4-5-13-6-7-14(10-17(13)20)15-9-16(21)12-23-11-15/h6-7,9-12,19H,4-5,8,22H2,1-3H3/q+1. The van der Waals surface area contributed by atoms with Crippen molar-refractivity contribution < 1.29 is 13.7 Å². The second-order valence-electron chi connectivity index (χ2n) is 7.85. The van der Waals surface area contributed by atoms with Gasteiger partial charge in [-0.05, 0) is 36.1 Å². The molecule has 1 aromatic heterocycles. The lowest BCUT2D eigenvalue weighted by Gasteiger charge is -2.45. The fourth-order valence-corrected chi connectivity index (χ4v) is 4.74. The van der Waals surface area contributed by atoms with Crippen LogP contribution in [0.3, 0.4) is 0 Å². The molecule has 2 heterocycles. The molecular formula is C20H24FN4O+. The molecule has 1 aliphatic carbocycles. The predicted octanol–water partition coefficient (Wildman–Crippen LogP) is 2.21. The minimum atomic E-state index is -0.696. The van der Waals surface area contributed by atoms with Gasteiger partial charge < -0.3 is 0 Å². The van der Waals surface area contributed by atoms with Crippen molar-refractivity contribution in [2.75, 3.05) is 21.1 Å². The Morgan fingerprint density at radius 1 is 1.27 bits per heavy atom. The van der Waals surface area contributed by atoms with Crippen molar-refractivity contribution >= 4 is 5.91 Å². The van der Waals surface area contributed by atoms with E-state index in [9.17, 15) is 9.18 Å². The number of nitrogens with zero attached hydrogens (tertiary/aromatic N) is 3. The van der Waals surface area contributed by atoms with Gasteiger partial charge in [-0.25, -0.2) is 4.39 Å². The van der Waals surface area contributed by atoms with Crippen LogP contribution >= 0.6 is 0 Å². The maximum atomic E-state index is 13.6. The number of likely N-dealkylation sites (N-methyl/N-ethyl adjacent to an activating group) is 2. The van der Waals surface area contributed by atoms with Gasteiger partial charge in [0.25, 0.3) is 5.91 Å². The number of pyridine rings is 1. The highest BCUT2D eigenvalue weighted by Crippen LogP contribution is 2.49. The first-order valence-corrected chi connectivity index (χ1v) is 8.90. The van der Waals surface area contributed by atoms with Crippen molar-refractivity contribution in [2.45, 2.75) is 31.1 Å². The van der Waals surface area contributed by atoms with Crippen LogP contribution in [0.4, 0.5) is 4.39 Å². The lowest BCUT2D eigenvalue weighted by atomic mass is 9.73. The van der Waals surface area contributed by atoms with E-state index in [1.165, 1.54) is 17.8 Å². The summed E-state index contributed by atoms with van der Waals surface area (Å²) in [5, 5.41) is 0. The van der Waals surface area contributed by atoms with Gasteiger partial charge in [0.05, 0.1) is 20.3 Å². The minimum absolute atomic E-state index is 0.0606. The topological polar surface area (TPSA) is 59.2 Å². The molecule has 6 heteroatoms. The number of amides is 1. The zero-order chi connectivity index (χ0) is 18.7. The van der Waals surface area contributed by atoms with Crippen molar-refractivity contribution in [3.8, 4) is 11.1 Å². The largest absolute Gasteiger partial charge is 0.294 e. The summed E-state index contributed by atoms with van der Waals surface area (Å²) in [5.74, 6) is -0.310. The molecule has 0 saturated carbocycles. The monoisotopic (exact) mass is 355 g/mol. The van der Waals surface area contributed by atoms with Gasteiger partial charge in [-0.2, -0.15) is 0 Å². The normalized spacial score (nSPS) is 27.0. The Morgan fingerprint density at radius 2 is 2.04 bits per heavy atom. The van der Waals surface area contributed by atoms with Gasteiger partial charge in [-0.3, -0.25) is 24.9 Å². The molecule has 2 aliphatic rings. The maximum Gasteiger partial charge on any atom is 0.294 e. The number of aromatic nitrogens is 1. The summed E-state index contributed by atoms with van der Waals surface area (Å²) in [6.07, 6.45) is 5.08. The van der Waals surface area contributed by atoms with Crippen LogP contribution in [-0.2, 0) is 16.8 Å². The van der Waals surface area contributed by atoms with E-state index in [-0.39, 0.29) is 11.7 Å². The van der Waals surface area contributed by atoms with E-state index >= 15 is 0 Å². The number of aryl methyl sites for hydroxylation is 1. The summed E-state index contributed by atoms with van der Waals surface area (Å²) in [7, 11) is 5.82. The van der Waals surface area contributed by atoms with E-state index in [1.54, 1.807) is 18.1 Å². The average Bonchev–Trinajstić information content (AvgIpc) is 2.75. The van der Waals surface area contributed by atoms with Crippen LogP contribution in [0.5, 0.6) is 0 Å². The molecule has 1 fully saturated rings. The Hall–Kier alpha value is -2.31. The number of halogens is 1. The molecule has 2 aromatic rings. The highest BCUT2D eigenvalue weighted by Gasteiger charge is 2.65. The number of hydrogen-bond donors (Lipinski definition) is 1. The third-order valence-corrected chi connectivity index (χ3v) is 6.29. The third kappa shape index (κ3) is 2.09. The molecule has 1 amide bonds. The van der Waals surface area contributed by atoms with Gasteiger partial charge in [0, 0.05) is 30.8 Å². The SMILES string of the molecule is CN1C(=O)C2(CCCc3ccc(-c4cncc(F)c4)cc32)[N+](C)(C)C1N. The summed E-state index contributed by atoms with van der Waals surface area (Å²) in [4.78, 5) is 18.9. The van der Waals surface area contributed by atoms with E-state index < -0.39 is 11.8 Å². The molecule has 2 atom stereocenters. The number of carbonyl (C=O) groups is 1. The number of quaternary nitrogens is 1. The third-order valence-electron chi connectivity index (χ3n) is 6.29. The van der Waals surface area contributed by atoms with E-state index in [1.807, 2.05) is 26.2 Å². The van der Waals surface area contributed by atoms with Gasteiger partial charge in [0.15, 0.2) is 0 Å². The molecule has 2 N–H and O–H groups in total. The molecule has 4 rings (SSSR count). The highest BCUT2D eigenvalue weighted by atomic mass is 19.1. The molecule has 1 aromatic carbocycles. The zero-order valence-corrected chi connectivity index (χ0v) is 15.4. The lowest BCUT2D eigenvalue weighted by Crippen LogP contribution is -2.62. The second kappa shape index (κ2) is 5.59. The molecule has 0 bridgehead atoms. The fraction of sp³-hybridized carbons (Fsp3) is 0.400. The number of hydrogen-bond acceptors (Lipinski definition) is 3. The van der Waals surface area contributed by atoms with E-state index in [4.69, 9.17) is 5.73 Å². The van der Waals surface area contributed by atoms with E-state index in [0.29, 0.717) is 10.0 Å². The van der Waals surface area contributed by atoms with Crippen molar-refractivity contribution in [3.63, 3.8) is 0 Å². The highest BCUT2D eigenvalue weighted by molar-refractivity contribution is 5.89.